The van der Waals surface area contributed by atoms with E-state index in [9.17, 15) is 4.79 Å². The van der Waals surface area contributed by atoms with Gasteiger partial charge in [0.25, 0.3) is 0 Å². The minimum absolute atomic E-state index is 0.178. The highest BCUT2D eigenvalue weighted by molar-refractivity contribution is 5.73. The molecule has 0 saturated heterocycles. The maximum absolute atomic E-state index is 10.9. The summed E-state index contributed by atoms with van der Waals surface area (Å²) in [4.78, 5) is 10.9. The van der Waals surface area contributed by atoms with Crippen LogP contribution < -0.4 is 16.4 Å². The van der Waals surface area contributed by atoms with Crippen LogP contribution in [0.25, 0.3) is 0 Å². The first-order valence-corrected chi connectivity index (χ1v) is 4.09. The molecule has 4 nitrogen and oxygen atoms in total. The molecule has 0 saturated carbocycles. The van der Waals surface area contributed by atoms with Crippen molar-refractivity contribution in [2.45, 2.75) is 6.54 Å². The van der Waals surface area contributed by atoms with Gasteiger partial charge in [-0.1, -0.05) is 18.2 Å². The molecule has 1 aromatic rings. The molecule has 1 rings (SSSR count). The number of carbonyl (C=O) groups is 1. The molecule has 0 aliphatic rings. The molecule has 13 heavy (non-hydrogen) atoms. The van der Waals surface area contributed by atoms with Gasteiger partial charge in [0.2, 0.25) is 0 Å². The number of hydrogen-bond donors (Lipinski definition) is 3. The smallest absolute Gasteiger partial charge is 0.314 e. The number of rotatable bonds is 2. The molecule has 0 fully saturated rings. The standard InChI is InChI=1S/C9H13N3O/c1-11-9(13)12-6-7-4-2-3-5-8(7)10/h2-5H,6,10H2,1H3,(H2,11,12,13)/p+1. The summed E-state index contributed by atoms with van der Waals surface area (Å²) in [6.07, 6.45) is 0. The predicted molar refractivity (Wildman–Crippen MR) is 50.3 cm³/mol. The number of urea groups is 1. The summed E-state index contributed by atoms with van der Waals surface area (Å²) in [6, 6.07) is 7.53. The van der Waals surface area contributed by atoms with Crippen molar-refractivity contribution in [3.63, 3.8) is 0 Å². The van der Waals surface area contributed by atoms with Crippen molar-refractivity contribution in [1.29, 1.82) is 0 Å². The van der Waals surface area contributed by atoms with Crippen molar-refractivity contribution in [2.75, 3.05) is 7.05 Å². The minimum atomic E-state index is -0.178. The molecule has 0 aromatic heterocycles. The van der Waals surface area contributed by atoms with Crippen LogP contribution in [0.3, 0.4) is 0 Å². The van der Waals surface area contributed by atoms with Crippen molar-refractivity contribution < 1.29 is 10.5 Å². The fourth-order valence-corrected chi connectivity index (χ4v) is 0.994. The second-order valence-electron chi connectivity index (χ2n) is 2.70. The summed E-state index contributed by atoms with van der Waals surface area (Å²) in [5.74, 6) is 0. The molecule has 0 aliphatic carbocycles. The molecule has 0 atom stereocenters. The van der Waals surface area contributed by atoms with E-state index >= 15 is 0 Å². The van der Waals surface area contributed by atoms with Gasteiger partial charge < -0.3 is 16.4 Å². The summed E-state index contributed by atoms with van der Waals surface area (Å²) < 4.78 is 0. The highest BCUT2D eigenvalue weighted by Gasteiger charge is 2.01. The zero-order valence-electron chi connectivity index (χ0n) is 7.63. The third kappa shape index (κ3) is 2.76. The number of benzene rings is 1. The molecule has 2 amide bonds. The first kappa shape index (κ1) is 9.54. The maximum Gasteiger partial charge on any atom is 0.314 e. The predicted octanol–water partition coefficient (Wildman–Crippen LogP) is -0.0110. The molecule has 0 heterocycles. The summed E-state index contributed by atoms with van der Waals surface area (Å²) in [7, 11) is 1.59. The van der Waals surface area contributed by atoms with Crippen LogP contribution in [0.2, 0.25) is 0 Å². The Balaban J connectivity index is 2.54. The number of quaternary nitrogens is 1. The van der Waals surface area contributed by atoms with Gasteiger partial charge >= 0.3 is 6.03 Å². The molecule has 0 bridgehead atoms. The Labute approximate surface area is 77.1 Å². The van der Waals surface area contributed by atoms with Crippen LogP contribution in [-0.2, 0) is 6.54 Å². The van der Waals surface area contributed by atoms with Crippen LogP contribution >= 0.6 is 0 Å². The normalized spacial score (nSPS) is 9.38. The first-order chi connectivity index (χ1) is 6.24. The number of nitrogens with one attached hydrogen (secondary N) is 2. The van der Waals surface area contributed by atoms with Crippen molar-refractivity contribution in [3.8, 4) is 0 Å². The molecule has 70 valence electrons. The third-order valence-electron chi connectivity index (χ3n) is 1.78. The van der Waals surface area contributed by atoms with E-state index in [-0.39, 0.29) is 6.03 Å². The second-order valence-corrected chi connectivity index (χ2v) is 2.70. The molecular formula is C9H14N3O+. The van der Waals surface area contributed by atoms with Gasteiger partial charge in [0.1, 0.15) is 5.69 Å². The molecule has 5 N–H and O–H groups in total. The van der Waals surface area contributed by atoms with Crippen molar-refractivity contribution >= 4 is 11.7 Å². The highest BCUT2D eigenvalue weighted by Crippen LogP contribution is 2.07. The topological polar surface area (TPSA) is 68.8 Å². The largest absolute Gasteiger partial charge is 0.341 e. The molecule has 1 aromatic carbocycles. The monoisotopic (exact) mass is 180 g/mol. The summed E-state index contributed by atoms with van der Waals surface area (Å²) in [5.41, 5.74) is 5.83. The van der Waals surface area contributed by atoms with Gasteiger partial charge in [-0.25, -0.2) is 4.79 Å². The van der Waals surface area contributed by atoms with E-state index in [0.717, 1.165) is 11.3 Å². The van der Waals surface area contributed by atoms with E-state index in [1.807, 2.05) is 24.3 Å². The van der Waals surface area contributed by atoms with E-state index in [1.54, 1.807) is 7.05 Å². The van der Waals surface area contributed by atoms with E-state index < -0.39 is 0 Å². The van der Waals surface area contributed by atoms with Crippen LogP contribution in [-0.4, -0.2) is 13.1 Å². The average molecular weight is 180 g/mol. The Morgan fingerprint density at radius 1 is 1.46 bits per heavy atom. The summed E-state index contributed by atoms with van der Waals surface area (Å²) in [6.45, 7) is 0.513. The molecule has 4 heteroatoms. The van der Waals surface area contributed by atoms with Crippen LogP contribution in [0, 0.1) is 0 Å². The van der Waals surface area contributed by atoms with Gasteiger partial charge in [-0.3, -0.25) is 0 Å². The van der Waals surface area contributed by atoms with Crippen LogP contribution in [0.5, 0.6) is 0 Å². The minimum Gasteiger partial charge on any atom is -0.341 e. The average Bonchev–Trinajstić information content (AvgIpc) is 2.16. The van der Waals surface area contributed by atoms with Gasteiger partial charge in [0.15, 0.2) is 0 Å². The van der Waals surface area contributed by atoms with Gasteiger partial charge in [0.05, 0.1) is 6.54 Å². The van der Waals surface area contributed by atoms with Gasteiger partial charge in [0, 0.05) is 12.6 Å². The molecule has 0 radical (unpaired) electrons. The number of carbonyl (C=O) groups excluding carboxylic acids is 1. The lowest BCUT2D eigenvalue weighted by molar-refractivity contribution is -0.255. The van der Waals surface area contributed by atoms with Crippen LogP contribution in [0.15, 0.2) is 24.3 Å². The Bertz CT molecular complexity index is 299. The zero-order chi connectivity index (χ0) is 9.68. The SMILES string of the molecule is CNC(=O)NCc1ccccc1[NH3+]. The Morgan fingerprint density at radius 3 is 2.77 bits per heavy atom. The number of hydrogen-bond acceptors (Lipinski definition) is 1. The van der Waals surface area contributed by atoms with Crippen molar-refractivity contribution in [2.24, 2.45) is 0 Å². The van der Waals surface area contributed by atoms with Crippen LogP contribution in [0.4, 0.5) is 10.5 Å². The zero-order valence-corrected chi connectivity index (χ0v) is 7.63. The lowest BCUT2D eigenvalue weighted by atomic mass is 10.2. The fourth-order valence-electron chi connectivity index (χ4n) is 0.994. The lowest BCUT2D eigenvalue weighted by Crippen LogP contribution is -2.42. The third-order valence-corrected chi connectivity index (χ3v) is 1.78. The Morgan fingerprint density at radius 2 is 2.15 bits per heavy atom. The maximum atomic E-state index is 10.9. The quantitative estimate of drug-likeness (QED) is 0.588. The number of amides is 2. The lowest BCUT2D eigenvalue weighted by Gasteiger charge is -2.04. The van der Waals surface area contributed by atoms with Crippen molar-refractivity contribution in [1.82, 2.24) is 10.6 Å². The fraction of sp³-hybridized carbons (Fsp3) is 0.222. The van der Waals surface area contributed by atoms with E-state index in [0.29, 0.717) is 6.54 Å². The molecule has 0 spiro atoms. The molecule has 0 aliphatic heterocycles. The summed E-state index contributed by atoms with van der Waals surface area (Å²) in [5, 5.41) is 5.18. The van der Waals surface area contributed by atoms with E-state index in [2.05, 4.69) is 16.4 Å². The van der Waals surface area contributed by atoms with Gasteiger partial charge in [-0.2, -0.15) is 0 Å². The Hall–Kier alpha value is -1.55. The molecule has 0 unspecified atom stereocenters. The summed E-state index contributed by atoms with van der Waals surface area (Å²) >= 11 is 0. The van der Waals surface area contributed by atoms with Gasteiger partial charge in [-0.15, -0.1) is 0 Å². The van der Waals surface area contributed by atoms with E-state index in [1.165, 1.54) is 0 Å². The highest BCUT2D eigenvalue weighted by atomic mass is 16.2. The van der Waals surface area contributed by atoms with Crippen LogP contribution in [0.1, 0.15) is 5.56 Å². The van der Waals surface area contributed by atoms with Gasteiger partial charge in [-0.05, 0) is 6.07 Å². The Kier molecular flexibility index (Phi) is 3.28. The second kappa shape index (κ2) is 4.47. The van der Waals surface area contributed by atoms with Crippen molar-refractivity contribution in [3.05, 3.63) is 29.8 Å². The molecular weight excluding hydrogens is 166 g/mol. The van der Waals surface area contributed by atoms with E-state index in [4.69, 9.17) is 0 Å². The first-order valence-electron chi connectivity index (χ1n) is 4.09.